The second-order valence-corrected chi connectivity index (χ2v) is 5.92. The molecule has 0 aliphatic carbocycles. The summed E-state index contributed by atoms with van der Waals surface area (Å²) in [4.78, 5) is 30.9. The summed E-state index contributed by atoms with van der Waals surface area (Å²) < 4.78 is 1.50. The lowest BCUT2D eigenvalue weighted by Crippen LogP contribution is -2.33. The van der Waals surface area contributed by atoms with Crippen LogP contribution < -0.4 is 11.3 Å². The van der Waals surface area contributed by atoms with Crippen LogP contribution in [0, 0.1) is 0 Å². The van der Waals surface area contributed by atoms with E-state index in [1.807, 2.05) is 5.38 Å². The average molecular weight is 329 g/mol. The van der Waals surface area contributed by atoms with Gasteiger partial charge in [-0.2, -0.15) is 0 Å². The number of aromatic nitrogens is 2. The van der Waals surface area contributed by atoms with Crippen molar-refractivity contribution in [3.8, 4) is 0 Å². The SMILES string of the molecule is Cl.N[C@@H]1CCN(C(=O)CCn2cnc3sccc3c2=O)C1. The van der Waals surface area contributed by atoms with Gasteiger partial charge < -0.3 is 10.6 Å². The lowest BCUT2D eigenvalue weighted by atomic mass is 10.3. The molecule has 0 unspecified atom stereocenters. The van der Waals surface area contributed by atoms with Crippen molar-refractivity contribution < 1.29 is 4.79 Å². The number of likely N-dealkylation sites (tertiary alicyclic amines) is 1. The highest BCUT2D eigenvalue weighted by Gasteiger charge is 2.23. The van der Waals surface area contributed by atoms with Crippen molar-refractivity contribution in [3.63, 3.8) is 0 Å². The molecule has 2 N–H and O–H groups in total. The fraction of sp³-hybridized carbons (Fsp3) is 0.462. The van der Waals surface area contributed by atoms with Crippen LogP contribution in [0.3, 0.4) is 0 Å². The standard InChI is InChI=1S/C13H16N4O2S.ClH/c14-9-1-4-16(7-9)11(18)2-5-17-8-15-12-10(13(17)19)3-6-20-12;/h3,6,8-9H,1-2,4-5,7,14H2;1H/t9-;/m1./s1. The van der Waals surface area contributed by atoms with E-state index in [-0.39, 0.29) is 29.9 Å². The lowest BCUT2D eigenvalue weighted by Gasteiger charge is -2.15. The van der Waals surface area contributed by atoms with Crippen molar-refractivity contribution in [1.82, 2.24) is 14.5 Å². The first-order valence-corrected chi connectivity index (χ1v) is 7.49. The Labute approximate surface area is 132 Å². The molecule has 1 aliphatic rings. The summed E-state index contributed by atoms with van der Waals surface area (Å²) in [6, 6.07) is 1.86. The molecule has 1 amide bonds. The summed E-state index contributed by atoms with van der Waals surface area (Å²) >= 11 is 1.44. The summed E-state index contributed by atoms with van der Waals surface area (Å²) in [6.07, 6.45) is 2.68. The maximum atomic E-state index is 12.2. The monoisotopic (exact) mass is 328 g/mol. The van der Waals surface area contributed by atoms with Crippen LogP contribution >= 0.6 is 23.7 Å². The van der Waals surface area contributed by atoms with E-state index in [1.54, 1.807) is 11.0 Å². The minimum Gasteiger partial charge on any atom is -0.341 e. The molecule has 1 aliphatic heterocycles. The maximum Gasteiger partial charge on any atom is 0.262 e. The zero-order valence-electron chi connectivity index (χ0n) is 11.4. The molecule has 0 radical (unpaired) electrons. The molecule has 1 saturated heterocycles. The largest absolute Gasteiger partial charge is 0.341 e. The minimum atomic E-state index is -0.0813. The zero-order chi connectivity index (χ0) is 14.1. The van der Waals surface area contributed by atoms with Gasteiger partial charge in [-0.25, -0.2) is 4.98 Å². The van der Waals surface area contributed by atoms with E-state index in [2.05, 4.69) is 4.98 Å². The highest BCUT2D eigenvalue weighted by Crippen LogP contribution is 2.13. The van der Waals surface area contributed by atoms with E-state index in [1.165, 1.54) is 22.2 Å². The number of halogens is 1. The molecule has 8 heteroatoms. The number of carbonyl (C=O) groups excluding carboxylic acids is 1. The number of hydrogen-bond acceptors (Lipinski definition) is 5. The summed E-state index contributed by atoms with van der Waals surface area (Å²) in [5.41, 5.74) is 5.71. The van der Waals surface area contributed by atoms with Gasteiger partial charge in [0.15, 0.2) is 0 Å². The Kier molecular flexibility index (Phi) is 4.97. The van der Waals surface area contributed by atoms with Gasteiger partial charge >= 0.3 is 0 Å². The minimum absolute atomic E-state index is 0. The van der Waals surface area contributed by atoms with Crippen molar-refractivity contribution in [2.24, 2.45) is 5.73 Å². The third-order valence-electron chi connectivity index (χ3n) is 3.59. The Hall–Kier alpha value is -1.44. The topological polar surface area (TPSA) is 81.2 Å². The number of aryl methyl sites for hydroxylation is 1. The summed E-state index contributed by atoms with van der Waals surface area (Å²) in [7, 11) is 0. The number of amides is 1. The summed E-state index contributed by atoms with van der Waals surface area (Å²) in [5.74, 6) is 0.0512. The van der Waals surface area contributed by atoms with Crippen LogP contribution in [0.15, 0.2) is 22.6 Å². The van der Waals surface area contributed by atoms with Gasteiger partial charge in [0.05, 0.1) is 11.7 Å². The van der Waals surface area contributed by atoms with E-state index in [4.69, 9.17) is 5.73 Å². The average Bonchev–Trinajstić information content (AvgIpc) is 3.06. The quantitative estimate of drug-likeness (QED) is 0.905. The Morgan fingerprint density at radius 1 is 1.52 bits per heavy atom. The van der Waals surface area contributed by atoms with Crippen LogP contribution in [0.25, 0.3) is 10.2 Å². The Morgan fingerprint density at radius 2 is 2.33 bits per heavy atom. The fourth-order valence-corrected chi connectivity index (χ4v) is 3.16. The first kappa shape index (κ1) is 15.9. The Bertz CT molecular complexity index is 699. The molecule has 0 aromatic carbocycles. The molecular formula is C13H17ClN4O2S. The van der Waals surface area contributed by atoms with E-state index in [0.717, 1.165) is 17.8 Å². The molecule has 6 nitrogen and oxygen atoms in total. The van der Waals surface area contributed by atoms with Gasteiger partial charge in [0.25, 0.3) is 5.56 Å². The first-order chi connectivity index (χ1) is 9.65. The molecule has 0 saturated carbocycles. The number of carbonyl (C=O) groups is 1. The summed E-state index contributed by atoms with van der Waals surface area (Å²) in [5, 5.41) is 2.47. The van der Waals surface area contributed by atoms with Crippen molar-refractivity contribution in [3.05, 3.63) is 28.1 Å². The van der Waals surface area contributed by atoms with Crippen molar-refractivity contribution in [2.75, 3.05) is 13.1 Å². The van der Waals surface area contributed by atoms with Crippen LogP contribution in [0.1, 0.15) is 12.8 Å². The summed E-state index contributed by atoms with van der Waals surface area (Å²) in [6.45, 7) is 1.70. The van der Waals surface area contributed by atoms with Crippen molar-refractivity contribution >= 4 is 39.9 Å². The molecule has 3 heterocycles. The molecule has 114 valence electrons. The van der Waals surface area contributed by atoms with Crippen molar-refractivity contribution in [2.45, 2.75) is 25.4 Å². The Morgan fingerprint density at radius 3 is 3.05 bits per heavy atom. The van der Waals surface area contributed by atoms with Crippen LogP contribution in [-0.2, 0) is 11.3 Å². The fourth-order valence-electron chi connectivity index (χ4n) is 2.44. The van der Waals surface area contributed by atoms with Gasteiger partial charge in [0.1, 0.15) is 4.83 Å². The van der Waals surface area contributed by atoms with Crippen LogP contribution in [0.5, 0.6) is 0 Å². The number of nitrogens with two attached hydrogens (primary N) is 1. The predicted octanol–water partition coefficient (Wildman–Crippen LogP) is 0.829. The van der Waals surface area contributed by atoms with Gasteiger partial charge in [-0.15, -0.1) is 23.7 Å². The molecule has 3 rings (SSSR count). The van der Waals surface area contributed by atoms with Crippen LogP contribution in [-0.4, -0.2) is 39.5 Å². The van der Waals surface area contributed by atoms with Gasteiger partial charge in [-0.05, 0) is 17.9 Å². The molecular weight excluding hydrogens is 312 g/mol. The molecule has 2 aromatic heterocycles. The number of fused-ring (bicyclic) bond motifs is 1. The highest BCUT2D eigenvalue weighted by molar-refractivity contribution is 7.16. The van der Waals surface area contributed by atoms with E-state index < -0.39 is 0 Å². The van der Waals surface area contributed by atoms with Crippen LogP contribution in [0.2, 0.25) is 0 Å². The van der Waals surface area contributed by atoms with Crippen molar-refractivity contribution in [1.29, 1.82) is 0 Å². The van der Waals surface area contributed by atoms with E-state index in [9.17, 15) is 9.59 Å². The first-order valence-electron chi connectivity index (χ1n) is 6.61. The molecule has 1 fully saturated rings. The second-order valence-electron chi connectivity index (χ2n) is 5.02. The zero-order valence-corrected chi connectivity index (χ0v) is 13.0. The Balaban J connectivity index is 0.00000161. The van der Waals surface area contributed by atoms with Gasteiger partial charge in [-0.1, -0.05) is 0 Å². The van der Waals surface area contributed by atoms with Gasteiger partial charge in [0, 0.05) is 32.1 Å². The lowest BCUT2D eigenvalue weighted by molar-refractivity contribution is -0.130. The molecule has 21 heavy (non-hydrogen) atoms. The second kappa shape index (κ2) is 6.55. The number of thiophene rings is 1. The third kappa shape index (κ3) is 3.25. The maximum absolute atomic E-state index is 12.2. The van der Waals surface area contributed by atoms with E-state index in [0.29, 0.717) is 24.9 Å². The molecule has 1 atom stereocenters. The highest BCUT2D eigenvalue weighted by atomic mass is 35.5. The number of rotatable bonds is 3. The van der Waals surface area contributed by atoms with E-state index >= 15 is 0 Å². The third-order valence-corrected chi connectivity index (χ3v) is 4.42. The number of hydrogen-bond donors (Lipinski definition) is 1. The van der Waals surface area contributed by atoms with Crippen LogP contribution in [0.4, 0.5) is 0 Å². The molecule has 2 aromatic rings. The van der Waals surface area contributed by atoms with Gasteiger partial charge in [-0.3, -0.25) is 14.2 Å². The normalized spacial score (nSPS) is 18.0. The smallest absolute Gasteiger partial charge is 0.262 e. The molecule has 0 bridgehead atoms. The predicted molar refractivity (Wildman–Crippen MR) is 84.9 cm³/mol. The molecule has 0 spiro atoms. The number of nitrogens with zero attached hydrogens (tertiary/aromatic N) is 3. The van der Waals surface area contributed by atoms with Gasteiger partial charge in [0.2, 0.25) is 5.91 Å².